The van der Waals surface area contributed by atoms with Crippen molar-refractivity contribution in [2.24, 2.45) is 18.9 Å². The Morgan fingerprint density at radius 1 is 1.26 bits per heavy atom. The number of aryl methyl sites for hydroxylation is 1. The lowest BCUT2D eigenvalue weighted by Crippen LogP contribution is -2.44. The summed E-state index contributed by atoms with van der Waals surface area (Å²) < 4.78 is 36.7. The minimum absolute atomic E-state index is 0.0954. The Morgan fingerprint density at radius 2 is 2.05 bits per heavy atom. The van der Waals surface area contributed by atoms with Gasteiger partial charge >= 0.3 is 5.92 Å². The van der Waals surface area contributed by atoms with Crippen LogP contribution in [-0.4, -0.2) is 52.4 Å². The first-order valence-electron chi connectivity index (χ1n) is 12.9. The molecular formula is C27H30ClF2N5O3. The predicted octanol–water partition coefficient (Wildman–Crippen LogP) is 4.76. The molecule has 1 aliphatic carbocycles. The lowest BCUT2D eigenvalue weighted by atomic mass is 9.98. The molecule has 0 amide bonds. The fraction of sp³-hybridized carbons (Fsp3) is 0.481. The number of ether oxygens (including phenoxy) is 1. The van der Waals surface area contributed by atoms with Crippen molar-refractivity contribution in [3.05, 3.63) is 45.8 Å². The van der Waals surface area contributed by atoms with Gasteiger partial charge in [-0.2, -0.15) is 0 Å². The van der Waals surface area contributed by atoms with E-state index in [4.69, 9.17) is 16.3 Å². The third kappa shape index (κ3) is 4.53. The number of halogens is 3. The molecule has 3 aromatic rings. The van der Waals surface area contributed by atoms with E-state index in [-0.39, 0.29) is 11.7 Å². The largest absolute Gasteiger partial charge is 0.480 e. The van der Waals surface area contributed by atoms with Crippen LogP contribution >= 0.6 is 11.6 Å². The molecule has 4 heterocycles. The number of pyridine rings is 2. The van der Waals surface area contributed by atoms with Gasteiger partial charge in [0.1, 0.15) is 5.82 Å². The SMILES string of the molecule is C[C@H]1CC(O)CN(c2cc(Nc3ccc4c(c3)c3c(c(=O)n4C)OCC(F)(F)[C@H](C4CC4)N3)c(Cl)cn2)C1. The van der Waals surface area contributed by atoms with E-state index in [1.165, 1.54) is 4.57 Å². The van der Waals surface area contributed by atoms with Crippen LogP contribution < -0.4 is 25.8 Å². The van der Waals surface area contributed by atoms with E-state index in [1.54, 1.807) is 25.4 Å². The Bertz CT molecular complexity index is 1450. The normalized spacial score (nSPS) is 24.8. The molecule has 0 spiro atoms. The molecule has 2 aromatic heterocycles. The van der Waals surface area contributed by atoms with Gasteiger partial charge in [0, 0.05) is 37.3 Å². The maximum Gasteiger partial charge on any atom is 0.301 e. The number of aliphatic hydroxyl groups excluding tert-OH is 1. The number of nitrogens with zero attached hydrogens (tertiary/aromatic N) is 3. The first-order valence-corrected chi connectivity index (χ1v) is 13.3. The molecule has 38 heavy (non-hydrogen) atoms. The van der Waals surface area contributed by atoms with Crippen molar-refractivity contribution in [2.75, 3.05) is 35.2 Å². The monoisotopic (exact) mass is 545 g/mol. The van der Waals surface area contributed by atoms with Crippen LogP contribution in [0.5, 0.6) is 5.75 Å². The number of anilines is 4. The van der Waals surface area contributed by atoms with Gasteiger partial charge in [0.15, 0.2) is 6.61 Å². The summed E-state index contributed by atoms with van der Waals surface area (Å²) in [5.41, 5.74) is 1.69. The number of β-amino-alcohol motifs (C(OH)–C–C–N with tert-alkyl or cyclic N) is 1. The summed E-state index contributed by atoms with van der Waals surface area (Å²) >= 11 is 6.48. The quantitative estimate of drug-likeness (QED) is 0.435. The Kier molecular flexibility index (Phi) is 6.14. The lowest BCUT2D eigenvalue weighted by molar-refractivity contribution is -0.0579. The summed E-state index contributed by atoms with van der Waals surface area (Å²) in [4.78, 5) is 19.5. The molecule has 1 saturated carbocycles. The van der Waals surface area contributed by atoms with E-state index in [9.17, 15) is 18.7 Å². The van der Waals surface area contributed by atoms with E-state index >= 15 is 0 Å². The van der Waals surface area contributed by atoms with Gasteiger partial charge in [-0.25, -0.2) is 13.8 Å². The fourth-order valence-corrected chi connectivity index (χ4v) is 5.79. The molecule has 6 rings (SSSR count). The second kappa shape index (κ2) is 9.27. The highest BCUT2D eigenvalue weighted by molar-refractivity contribution is 6.33. The average Bonchev–Trinajstić information content (AvgIpc) is 3.71. The minimum Gasteiger partial charge on any atom is -0.480 e. The Hall–Kier alpha value is -3.11. The van der Waals surface area contributed by atoms with Crippen molar-refractivity contribution in [3.63, 3.8) is 0 Å². The molecular weight excluding hydrogens is 516 g/mol. The number of benzene rings is 1. The first-order chi connectivity index (χ1) is 18.1. The smallest absolute Gasteiger partial charge is 0.301 e. The van der Waals surface area contributed by atoms with Crippen LogP contribution in [0.3, 0.4) is 0 Å². The fourth-order valence-electron chi connectivity index (χ4n) is 5.64. The Labute approximate surface area is 223 Å². The van der Waals surface area contributed by atoms with E-state index < -0.39 is 30.2 Å². The Balaban J connectivity index is 1.38. The van der Waals surface area contributed by atoms with Crippen molar-refractivity contribution >= 4 is 45.4 Å². The lowest BCUT2D eigenvalue weighted by Gasteiger charge is -2.35. The summed E-state index contributed by atoms with van der Waals surface area (Å²) in [5.74, 6) is -2.33. The summed E-state index contributed by atoms with van der Waals surface area (Å²) in [6.07, 6.45) is 3.34. The number of aromatic nitrogens is 2. The standard InChI is InChI=1S/C27H30ClF2N5O3/c1-14-7-17(36)12-35(11-14)22-9-20(19(28)10-31-22)32-16-5-6-21-18(8-16)23-24(26(37)34(21)2)38-13-27(29,30)25(33-23)15-3-4-15/h5-6,8-10,14-15,17,25,33,36H,3-4,7,11-13H2,1-2H3,(H,31,32)/t14-,17?,25-/m0/s1. The molecule has 2 fully saturated rings. The molecule has 3 atom stereocenters. The van der Waals surface area contributed by atoms with E-state index in [0.29, 0.717) is 64.1 Å². The second-order valence-electron chi connectivity index (χ2n) is 10.9. The van der Waals surface area contributed by atoms with Crippen molar-refractivity contribution in [3.8, 4) is 5.75 Å². The van der Waals surface area contributed by atoms with Gasteiger partial charge in [-0.05, 0) is 49.3 Å². The van der Waals surface area contributed by atoms with Gasteiger partial charge in [-0.15, -0.1) is 0 Å². The molecule has 1 unspecified atom stereocenters. The van der Waals surface area contributed by atoms with Gasteiger partial charge in [-0.3, -0.25) is 4.79 Å². The van der Waals surface area contributed by atoms with Crippen LogP contribution in [0.4, 0.5) is 31.7 Å². The summed E-state index contributed by atoms with van der Waals surface area (Å²) in [5, 5.41) is 17.5. The third-order valence-corrected chi connectivity index (χ3v) is 7.99. The van der Waals surface area contributed by atoms with Crippen molar-refractivity contribution in [1.29, 1.82) is 0 Å². The highest BCUT2D eigenvalue weighted by Crippen LogP contribution is 2.45. The van der Waals surface area contributed by atoms with Crippen LogP contribution in [0.2, 0.25) is 5.02 Å². The number of alkyl halides is 2. The molecule has 0 radical (unpaired) electrons. The van der Waals surface area contributed by atoms with E-state index in [2.05, 4.69) is 22.5 Å². The van der Waals surface area contributed by atoms with Gasteiger partial charge in [0.05, 0.1) is 40.3 Å². The highest BCUT2D eigenvalue weighted by Gasteiger charge is 2.51. The van der Waals surface area contributed by atoms with Crippen LogP contribution in [0.25, 0.3) is 10.9 Å². The molecule has 202 valence electrons. The number of hydrogen-bond acceptors (Lipinski definition) is 7. The maximum absolute atomic E-state index is 14.9. The summed E-state index contributed by atoms with van der Waals surface area (Å²) in [7, 11) is 1.60. The van der Waals surface area contributed by atoms with Gasteiger partial charge in [0.25, 0.3) is 5.56 Å². The van der Waals surface area contributed by atoms with Crippen LogP contribution in [0.15, 0.2) is 35.3 Å². The topological polar surface area (TPSA) is 91.7 Å². The summed E-state index contributed by atoms with van der Waals surface area (Å²) in [6.45, 7) is 2.52. The molecule has 2 aliphatic heterocycles. The van der Waals surface area contributed by atoms with E-state index in [1.807, 2.05) is 17.0 Å². The van der Waals surface area contributed by atoms with E-state index in [0.717, 1.165) is 13.0 Å². The van der Waals surface area contributed by atoms with Gasteiger partial charge < -0.3 is 29.9 Å². The molecule has 1 saturated heterocycles. The molecule has 3 aliphatic rings. The van der Waals surface area contributed by atoms with Crippen LogP contribution in [0.1, 0.15) is 26.2 Å². The van der Waals surface area contributed by atoms with Crippen molar-refractivity contribution < 1.29 is 18.6 Å². The molecule has 8 nitrogen and oxygen atoms in total. The number of fused-ring (bicyclic) bond motifs is 3. The number of rotatable bonds is 4. The van der Waals surface area contributed by atoms with Crippen molar-refractivity contribution in [1.82, 2.24) is 9.55 Å². The molecule has 0 bridgehead atoms. The zero-order valence-electron chi connectivity index (χ0n) is 21.2. The molecule has 11 heteroatoms. The molecule has 1 aromatic carbocycles. The Morgan fingerprint density at radius 3 is 2.79 bits per heavy atom. The van der Waals surface area contributed by atoms with Crippen LogP contribution in [0, 0.1) is 11.8 Å². The predicted molar refractivity (Wildman–Crippen MR) is 144 cm³/mol. The van der Waals surface area contributed by atoms with Crippen molar-refractivity contribution in [2.45, 2.75) is 44.3 Å². The van der Waals surface area contributed by atoms with Crippen LogP contribution in [-0.2, 0) is 7.05 Å². The summed E-state index contributed by atoms with van der Waals surface area (Å²) in [6, 6.07) is 6.12. The second-order valence-corrected chi connectivity index (χ2v) is 11.3. The number of nitrogens with one attached hydrogen (secondary N) is 2. The van der Waals surface area contributed by atoms with Gasteiger partial charge in [-0.1, -0.05) is 18.5 Å². The zero-order chi connectivity index (χ0) is 26.8. The first kappa shape index (κ1) is 25.2. The zero-order valence-corrected chi connectivity index (χ0v) is 21.9. The number of piperidine rings is 1. The third-order valence-electron chi connectivity index (χ3n) is 7.69. The number of aliphatic hydroxyl groups is 1. The average molecular weight is 546 g/mol. The molecule has 3 N–H and O–H groups in total. The highest BCUT2D eigenvalue weighted by atomic mass is 35.5. The minimum atomic E-state index is -3.10. The van der Waals surface area contributed by atoms with Gasteiger partial charge in [0.2, 0.25) is 5.75 Å². The number of hydrogen-bond donors (Lipinski definition) is 3. The maximum atomic E-state index is 14.9.